The third-order valence-electron chi connectivity index (χ3n) is 4.21. The van der Waals surface area contributed by atoms with Gasteiger partial charge in [-0.25, -0.2) is 0 Å². The number of carboxylic acid groups (broad SMARTS) is 1. The van der Waals surface area contributed by atoms with Gasteiger partial charge in [0.2, 0.25) is 5.91 Å². The molecule has 1 atom stereocenters. The van der Waals surface area contributed by atoms with Gasteiger partial charge in [0.1, 0.15) is 6.04 Å². The zero-order chi connectivity index (χ0) is 14.4. The summed E-state index contributed by atoms with van der Waals surface area (Å²) in [5, 5.41) is 15.3. The highest BCUT2D eigenvalue weighted by molar-refractivity contribution is 5.80. The van der Waals surface area contributed by atoms with Crippen LogP contribution in [0.2, 0.25) is 0 Å². The van der Waals surface area contributed by atoms with E-state index in [1.807, 2.05) is 0 Å². The summed E-state index contributed by atoms with van der Waals surface area (Å²) in [6.45, 7) is 1.94. The standard InChI is InChI=1S/C14H25N3O3/c18-13(16-11-5-3-1-2-4-6-11)10-17-8-7-15-9-12(17)14(19)20/h11-12,15H,1-10H2,(H,16,18)(H,19,20). The minimum Gasteiger partial charge on any atom is -0.480 e. The zero-order valence-electron chi connectivity index (χ0n) is 11.9. The van der Waals surface area contributed by atoms with E-state index in [2.05, 4.69) is 10.6 Å². The molecule has 2 fully saturated rings. The van der Waals surface area contributed by atoms with Crippen molar-refractivity contribution >= 4 is 11.9 Å². The van der Waals surface area contributed by atoms with Gasteiger partial charge in [0.15, 0.2) is 0 Å². The number of piperazine rings is 1. The highest BCUT2D eigenvalue weighted by Crippen LogP contribution is 2.17. The van der Waals surface area contributed by atoms with Crippen molar-refractivity contribution in [2.24, 2.45) is 0 Å². The topological polar surface area (TPSA) is 81.7 Å². The molecule has 1 heterocycles. The van der Waals surface area contributed by atoms with Crippen LogP contribution in [0, 0.1) is 0 Å². The number of aliphatic carboxylic acids is 1. The Morgan fingerprint density at radius 1 is 1.20 bits per heavy atom. The summed E-state index contributed by atoms with van der Waals surface area (Å²) in [6.07, 6.45) is 6.97. The van der Waals surface area contributed by atoms with Crippen molar-refractivity contribution in [3.8, 4) is 0 Å². The van der Waals surface area contributed by atoms with E-state index in [4.69, 9.17) is 5.11 Å². The molecule has 1 unspecified atom stereocenters. The number of carboxylic acids is 1. The number of hydrogen-bond donors (Lipinski definition) is 3. The molecule has 3 N–H and O–H groups in total. The highest BCUT2D eigenvalue weighted by atomic mass is 16.4. The van der Waals surface area contributed by atoms with Gasteiger partial charge in [0.25, 0.3) is 0 Å². The summed E-state index contributed by atoms with van der Waals surface area (Å²) in [4.78, 5) is 25.0. The van der Waals surface area contributed by atoms with Crippen LogP contribution in [0.15, 0.2) is 0 Å². The van der Waals surface area contributed by atoms with Crippen LogP contribution in [0.5, 0.6) is 0 Å². The second kappa shape index (κ2) is 7.59. The van der Waals surface area contributed by atoms with Crippen LogP contribution in [0.25, 0.3) is 0 Å². The minimum absolute atomic E-state index is 0.0370. The summed E-state index contributed by atoms with van der Waals surface area (Å²) in [5.74, 6) is -0.899. The summed E-state index contributed by atoms with van der Waals surface area (Å²) < 4.78 is 0. The van der Waals surface area contributed by atoms with Crippen LogP contribution in [0.3, 0.4) is 0 Å². The first-order valence-corrected chi connectivity index (χ1v) is 7.64. The first-order chi connectivity index (χ1) is 9.66. The number of nitrogens with zero attached hydrogens (tertiary/aromatic N) is 1. The molecular formula is C14H25N3O3. The number of nitrogens with one attached hydrogen (secondary N) is 2. The van der Waals surface area contributed by atoms with Crippen molar-refractivity contribution in [2.75, 3.05) is 26.2 Å². The SMILES string of the molecule is O=C(CN1CCNCC1C(=O)O)NC1CCCCCC1. The van der Waals surface area contributed by atoms with Crippen molar-refractivity contribution in [3.63, 3.8) is 0 Å². The van der Waals surface area contributed by atoms with Crippen LogP contribution >= 0.6 is 0 Å². The average molecular weight is 283 g/mol. The Morgan fingerprint density at radius 2 is 1.90 bits per heavy atom. The maximum atomic E-state index is 12.1. The second-order valence-electron chi connectivity index (χ2n) is 5.78. The molecule has 0 spiro atoms. The molecule has 2 aliphatic rings. The van der Waals surface area contributed by atoms with E-state index in [1.54, 1.807) is 4.90 Å². The van der Waals surface area contributed by atoms with Crippen molar-refractivity contribution in [2.45, 2.75) is 50.6 Å². The van der Waals surface area contributed by atoms with Crippen molar-refractivity contribution in [3.05, 3.63) is 0 Å². The van der Waals surface area contributed by atoms with E-state index in [-0.39, 0.29) is 18.5 Å². The molecule has 1 aliphatic carbocycles. The molecule has 1 saturated heterocycles. The van der Waals surface area contributed by atoms with Gasteiger partial charge in [-0.05, 0) is 12.8 Å². The largest absolute Gasteiger partial charge is 0.480 e. The monoisotopic (exact) mass is 283 g/mol. The number of amides is 1. The van der Waals surface area contributed by atoms with Crippen LogP contribution in [-0.4, -0.2) is 60.1 Å². The van der Waals surface area contributed by atoms with E-state index in [1.165, 1.54) is 25.7 Å². The van der Waals surface area contributed by atoms with E-state index in [0.29, 0.717) is 13.1 Å². The molecule has 2 rings (SSSR count). The van der Waals surface area contributed by atoms with Crippen molar-refractivity contribution in [1.29, 1.82) is 0 Å². The fraction of sp³-hybridized carbons (Fsp3) is 0.857. The zero-order valence-corrected chi connectivity index (χ0v) is 11.9. The number of hydrogen-bond acceptors (Lipinski definition) is 4. The Hall–Kier alpha value is -1.14. The number of carbonyl (C=O) groups is 2. The first kappa shape index (κ1) is 15.3. The van der Waals surface area contributed by atoms with Gasteiger partial charge in [-0.1, -0.05) is 25.7 Å². The predicted octanol–water partition coefficient (Wildman–Crippen LogP) is 0.184. The van der Waals surface area contributed by atoms with Gasteiger partial charge < -0.3 is 15.7 Å². The number of rotatable bonds is 4. The molecule has 1 aliphatic heterocycles. The molecule has 0 aromatic heterocycles. The van der Waals surface area contributed by atoms with Gasteiger partial charge in [-0.3, -0.25) is 14.5 Å². The molecule has 114 valence electrons. The minimum atomic E-state index is -0.862. The quantitative estimate of drug-likeness (QED) is 0.641. The Balaban J connectivity index is 1.81. The van der Waals surface area contributed by atoms with E-state index < -0.39 is 12.0 Å². The molecule has 0 aromatic rings. The summed E-state index contributed by atoms with van der Waals surface area (Å²) >= 11 is 0. The number of carbonyl (C=O) groups excluding carboxylic acids is 1. The Labute approximate surface area is 119 Å². The molecule has 6 heteroatoms. The van der Waals surface area contributed by atoms with E-state index in [9.17, 15) is 9.59 Å². The third-order valence-corrected chi connectivity index (χ3v) is 4.21. The lowest BCUT2D eigenvalue weighted by atomic mass is 10.1. The normalized spacial score (nSPS) is 25.9. The Morgan fingerprint density at radius 3 is 2.55 bits per heavy atom. The van der Waals surface area contributed by atoms with Gasteiger partial charge in [-0.2, -0.15) is 0 Å². The maximum Gasteiger partial charge on any atom is 0.322 e. The van der Waals surface area contributed by atoms with Crippen LogP contribution in [0.4, 0.5) is 0 Å². The van der Waals surface area contributed by atoms with E-state index in [0.717, 1.165) is 19.4 Å². The van der Waals surface area contributed by atoms with Gasteiger partial charge in [-0.15, -0.1) is 0 Å². The van der Waals surface area contributed by atoms with Crippen LogP contribution < -0.4 is 10.6 Å². The van der Waals surface area contributed by atoms with Gasteiger partial charge in [0.05, 0.1) is 6.54 Å². The fourth-order valence-corrected chi connectivity index (χ4v) is 3.06. The lowest BCUT2D eigenvalue weighted by Gasteiger charge is -2.33. The van der Waals surface area contributed by atoms with Crippen molar-refractivity contribution in [1.82, 2.24) is 15.5 Å². The molecule has 6 nitrogen and oxygen atoms in total. The van der Waals surface area contributed by atoms with Gasteiger partial charge in [0, 0.05) is 25.7 Å². The molecule has 1 saturated carbocycles. The lowest BCUT2D eigenvalue weighted by molar-refractivity contribution is -0.144. The third kappa shape index (κ3) is 4.45. The highest BCUT2D eigenvalue weighted by Gasteiger charge is 2.29. The average Bonchev–Trinajstić information content (AvgIpc) is 2.67. The summed E-state index contributed by atoms with van der Waals surface area (Å²) in [6, 6.07) is -0.320. The lowest BCUT2D eigenvalue weighted by Crippen LogP contribution is -2.57. The van der Waals surface area contributed by atoms with Gasteiger partial charge >= 0.3 is 5.97 Å². The molecule has 0 aromatic carbocycles. The Bertz CT molecular complexity index is 341. The molecule has 20 heavy (non-hydrogen) atoms. The van der Waals surface area contributed by atoms with E-state index >= 15 is 0 Å². The molecule has 1 amide bonds. The summed E-state index contributed by atoms with van der Waals surface area (Å²) in [7, 11) is 0. The molecule has 0 radical (unpaired) electrons. The van der Waals surface area contributed by atoms with Crippen LogP contribution in [0.1, 0.15) is 38.5 Å². The first-order valence-electron chi connectivity index (χ1n) is 7.64. The smallest absolute Gasteiger partial charge is 0.322 e. The second-order valence-corrected chi connectivity index (χ2v) is 5.78. The Kier molecular flexibility index (Phi) is 5.79. The predicted molar refractivity (Wildman–Crippen MR) is 75.5 cm³/mol. The van der Waals surface area contributed by atoms with Crippen LogP contribution in [-0.2, 0) is 9.59 Å². The molecular weight excluding hydrogens is 258 g/mol. The maximum absolute atomic E-state index is 12.1. The fourth-order valence-electron chi connectivity index (χ4n) is 3.06. The summed E-state index contributed by atoms with van der Waals surface area (Å²) in [5.41, 5.74) is 0. The van der Waals surface area contributed by atoms with Crippen molar-refractivity contribution < 1.29 is 14.7 Å². The molecule has 0 bridgehead atoms.